The van der Waals surface area contributed by atoms with Gasteiger partial charge < -0.3 is 15.0 Å². The van der Waals surface area contributed by atoms with E-state index >= 15 is 0 Å². The molecule has 2 amide bonds. The Morgan fingerprint density at radius 3 is 2.43 bits per heavy atom. The molecule has 5 nitrogen and oxygen atoms in total. The smallest absolute Gasteiger partial charge is 0.261 e. The number of carbonyl (C=O) groups is 2. The van der Waals surface area contributed by atoms with Crippen LogP contribution in [0.1, 0.15) is 76.5 Å². The van der Waals surface area contributed by atoms with Gasteiger partial charge in [0.2, 0.25) is 5.91 Å². The number of rotatable bonds is 8. The van der Waals surface area contributed by atoms with Crippen LogP contribution in [0.4, 0.5) is 0 Å². The average molecular weight is 544 g/mol. The van der Waals surface area contributed by atoms with Gasteiger partial charge in [0, 0.05) is 12.6 Å². The molecule has 1 fully saturated rings. The van der Waals surface area contributed by atoms with Crippen molar-refractivity contribution >= 4 is 27.7 Å². The number of hydrogen-bond donors (Lipinski definition) is 1. The summed E-state index contributed by atoms with van der Waals surface area (Å²) < 4.78 is 6.74. The van der Waals surface area contributed by atoms with Crippen LogP contribution in [0.15, 0.2) is 46.9 Å². The molecule has 6 heteroatoms. The Balaban J connectivity index is 1.74. The fourth-order valence-electron chi connectivity index (χ4n) is 4.43. The summed E-state index contributed by atoms with van der Waals surface area (Å²) in [6.07, 6.45) is 5.52. The van der Waals surface area contributed by atoms with E-state index in [4.69, 9.17) is 4.74 Å². The molecule has 190 valence electrons. The van der Waals surface area contributed by atoms with Crippen molar-refractivity contribution in [3.63, 3.8) is 0 Å². The van der Waals surface area contributed by atoms with Crippen LogP contribution in [0.5, 0.6) is 5.75 Å². The molecule has 0 spiro atoms. The second-order valence-corrected chi connectivity index (χ2v) is 11.5. The van der Waals surface area contributed by atoms with E-state index in [9.17, 15) is 9.59 Å². The van der Waals surface area contributed by atoms with E-state index in [0.717, 1.165) is 41.3 Å². The molecule has 1 N–H and O–H groups in total. The van der Waals surface area contributed by atoms with Gasteiger partial charge in [-0.15, -0.1) is 0 Å². The van der Waals surface area contributed by atoms with E-state index in [1.807, 2.05) is 56.3 Å². The molecule has 3 rings (SSSR count). The first-order valence-electron chi connectivity index (χ1n) is 12.6. The van der Waals surface area contributed by atoms with E-state index in [-0.39, 0.29) is 29.9 Å². The third-order valence-corrected chi connectivity index (χ3v) is 7.49. The third kappa shape index (κ3) is 7.57. The number of nitrogens with zero attached hydrogens (tertiary/aromatic N) is 1. The highest BCUT2D eigenvalue weighted by molar-refractivity contribution is 9.10. The number of ether oxygens (including phenoxy) is 1. The zero-order chi connectivity index (χ0) is 25.6. The van der Waals surface area contributed by atoms with Crippen LogP contribution in [-0.2, 0) is 21.5 Å². The molecule has 1 atom stereocenters. The Labute approximate surface area is 218 Å². The van der Waals surface area contributed by atoms with Crippen molar-refractivity contribution in [3.05, 3.63) is 63.6 Å². The summed E-state index contributed by atoms with van der Waals surface area (Å²) in [5, 5.41) is 3.18. The van der Waals surface area contributed by atoms with E-state index < -0.39 is 6.04 Å². The van der Waals surface area contributed by atoms with Crippen LogP contribution in [-0.4, -0.2) is 35.4 Å². The van der Waals surface area contributed by atoms with Gasteiger partial charge in [-0.1, -0.05) is 70.4 Å². The summed E-state index contributed by atoms with van der Waals surface area (Å²) in [5.41, 5.74) is 3.31. The first-order valence-corrected chi connectivity index (χ1v) is 13.4. The van der Waals surface area contributed by atoms with Gasteiger partial charge in [-0.3, -0.25) is 9.59 Å². The Morgan fingerprint density at radius 2 is 1.80 bits per heavy atom. The molecule has 1 saturated carbocycles. The number of halogens is 1. The second-order valence-electron chi connectivity index (χ2n) is 10.7. The molecule has 0 bridgehead atoms. The number of benzene rings is 2. The first kappa shape index (κ1) is 27.3. The molecule has 0 aliphatic heterocycles. The van der Waals surface area contributed by atoms with Gasteiger partial charge in [0.15, 0.2) is 6.61 Å². The maximum atomic E-state index is 13.4. The molecule has 2 aromatic carbocycles. The third-order valence-electron chi connectivity index (χ3n) is 6.87. The zero-order valence-corrected chi connectivity index (χ0v) is 23.3. The fourth-order valence-corrected chi connectivity index (χ4v) is 4.92. The summed E-state index contributed by atoms with van der Waals surface area (Å²) in [6.45, 7) is 10.5. The summed E-state index contributed by atoms with van der Waals surface area (Å²) in [4.78, 5) is 28.2. The van der Waals surface area contributed by atoms with Gasteiger partial charge in [0.05, 0.1) is 4.47 Å². The van der Waals surface area contributed by atoms with Crippen molar-refractivity contribution in [2.45, 2.75) is 90.8 Å². The molecular formula is C29H39BrN2O3. The van der Waals surface area contributed by atoms with E-state index in [0.29, 0.717) is 12.3 Å². The van der Waals surface area contributed by atoms with Crippen molar-refractivity contribution in [3.8, 4) is 5.75 Å². The van der Waals surface area contributed by atoms with Crippen LogP contribution < -0.4 is 10.1 Å². The lowest BCUT2D eigenvalue weighted by molar-refractivity contribution is -0.142. The summed E-state index contributed by atoms with van der Waals surface area (Å²) in [6, 6.07) is 13.5. The molecule has 1 aliphatic rings. The Kier molecular flexibility index (Phi) is 9.40. The van der Waals surface area contributed by atoms with Gasteiger partial charge in [-0.05, 0) is 76.9 Å². The standard InChI is InChI=1S/C29H39BrN2O3/c1-20-11-9-10-12-22(20)18-32(21(2)28(34)31-24-13-7-6-8-14-24)27(33)19-35-26-16-15-23(17-25(26)30)29(3,4)5/h9-12,15-17,21,24H,6-8,13-14,18-19H2,1-5H3,(H,31,34)/t21-/m0/s1. The molecule has 2 aromatic rings. The van der Waals surface area contributed by atoms with Gasteiger partial charge in [0.25, 0.3) is 5.91 Å². The highest BCUT2D eigenvalue weighted by atomic mass is 79.9. The molecular weight excluding hydrogens is 504 g/mol. The minimum atomic E-state index is -0.598. The summed E-state index contributed by atoms with van der Waals surface area (Å²) >= 11 is 3.58. The lowest BCUT2D eigenvalue weighted by Crippen LogP contribution is -2.51. The van der Waals surface area contributed by atoms with Gasteiger partial charge >= 0.3 is 0 Å². The fraction of sp³-hybridized carbons (Fsp3) is 0.517. The van der Waals surface area contributed by atoms with Crippen LogP contribution in [0.2, 0.25) is 0 Å². The lowest BCUT2D eigenvalue weighted by atomic mass is 9.87. The van der Waals surface area contributed by atoms with Crippen LogP contribution >= 0.6 is 15.9 Å². The van der Waals surface area contributed by atoms with Crippen molar-refractivity contribution in [1.29, 1.82) is 0 Å². The normalized spacial score (nSPS) is 15.4. The van der Waals surface area contributed by atoms with E-state index in [1.165, 1.54) is 12.0 Å². The predicted octanol–water partition coefficient (Wildman–Crippen LogP) is 6.30. The Morgan fingerprint density at radius 1 is 1.11 bits per heavy atom. The van der Waals surface area contributed by atoms with Crippen LogP contribution in [0.25, 0.3) is 0 Å². The first-order chi connectivity index (χ1) is 16.6. The molecule has 0 saturated heterocycles. The molecule has 0 unspecified atom stereocenters. The quantitative estimate of drug-likeness (QED) is 0.425. The summed E-state index contributed by atoms with van der Waals surface area (Å²) in [5.74, 6) is 0.294. The molecule has 35 heavy (non-hydrogen) atoms. The molecule has 0 heterocycles. The molecule has 0 radical (unpaired) electrons. The van der Waals surface area contributed by atoms with Crippen molar-refractivity contribution in [2.75, 3.05) is 6.61 Å². The second kappa shape index (κ2) is 12.1. The van der Waals surface area contributed by atoms with Crippen molar-refractivity contribution in [2.24, 2.45) is 0 Å². The molecule has 1 aliphatic carbocycles. The average Bonchev–Trinajstić information content (AvgIpc) is 2.82. The van der Waals surface area contributed by atoms with Gasteiger partial charge in [0.1, 0.15) is 11.8 Å². The van der Waals surface area contributed by atoms with Crippen LogP contribution in [0.3, 0.4) is 0 Å². The van der Waals surface area contributed by atoms with E-state index in [1.54, 1.807) is 4.90 Å². The SMILES string of the molecule is Cc1ccccc1CN(C(=O)COc1ccc(C(C)(C)C)cc1Br)[C@@H](C)C(=O)NC1CCCCC1. The monoisotopic (exact) mass is 542 g/mol. The minimum Gasteiger partial charge on any atom is -0.483 e. The molecule has 0 aromatic heterocycles. The number of aryl methyl sites for hydroxylation is 1. The highest BCUT2D eigenvalue weighted by Gasteiger charge is 2.29. The Hall–Kier alpha value is -2.34. The maximum absolute atomic E-state index is 13.4. The summed E-state index contributed by atoms with van der Waals surface area (Å²) in [7, 11) is 0. The Bertz CT molecular complexity index is 1020. The number of carbonyl (C=O) groups excluding carboxylic acids is 2. The number of amides is 2. The minimum absolute atomic E-state index is 0.0162. The topological polar surface area (TPSA) is 58.6 Å². The largest absolute Gasteiger partial charge is 0.483 e. The number of hydrogen-bond acceptors (Lipinski definition) is 3. The maximum Gasteiger partial charge on any atom is 0.261 e. The highest BCUT2D eigenvalue weighted by Crippen LogP contribution is 2.31. The van der Waals surface area contributed by atoms with Crippen molar-refractivity contribution < 1.29 is 14.3 Å². The number of nitrogens with one attached hydrogen (secondary N) is 1. The van der Waals surface area contributed by atoms with Gasteiger partial charge in [-0.2, -0.15) is 0 Å². The predicted molar refractivity (Wildman–Crippen MR) is 145 cm³/mol. The zero-order valence-electron chi connectivity index (χ0n) is 21.7. The van der Waals surface area contributed by atoms with Gasteiger partial charge in [-0.25, -0.2) is 0 Å². The lowest BCUT2D eigenvalue weighted by Gasteiger charge is -2.31. The van der Waals surface area contributed by atoms with Crippen molar-refractivity contribution in [1.82, 2.24) is 10.2 Å². The van der Waals surface area contributed by atoms with Crippen LogP contribution in [0, 0.1) is 6.92 Å². The van der Waals surface area contributed by atoms with E-state index in [2.05, 4.69) is 42.0 Å².